The predicted octanol–water partition coefficient (Wildman–Crippen LogP) is 3.05. The van der Waals surface area contributed by atoms with E-state index in [-0.39, 0.29) is 11.0 Å². The van der Waals surface area contributed by atoms with Gasteiger partial charge >= 0.3 is 6.03 Å². The number of carbonyl (C=O) groups is 2. The van der Waals surface area contributed by atoms with Crippen LogP contribution in [0.4, 0.5) is 10.5 Å². The molecule has 134 valence electrons. The summed E-state index contributed by atoms with van der Waals surface area (Å²) in [6.07, 6.45) is 0.428. The van der Waals surface area contributed by atoms with Crippen molar-refractivity contribution in [2.45, 2.75) is 25.8 Å². The van der Waals surface area contributed by atoms with E-state index in [0.717, 1.165) is 21.8 Å². The van der Waals surface area contributed by atoms with Crippen LogP contribution in [-0.2, 0) is 10.3 Å². The molecule has 1 fully saturated rings. The maximum absolute atomic E-state index is 13.0. The number of rotatable bonds is 4. The molecule has 0 aromatic heterocycles. The van der Waals surface area contributed by atoms with Gasteiger partial charge in [-0.05, 0) is 48.8 Å². The second kappa shape index (κ2) is 7.13. The molecule has 3 rings (SSSR count). The molecule has 1 saturated heterocycles. The Morgan fingerprint density at radius 3 is 2.54 bits per heavy atom. The molecule has 7 heteroatoms. The van der Waals surface area contributed by atoms with Crippen LogP contribution < -0.4 is 16.1 Å². The molecule has 0 unspecified atom stereocenters. The summed E-state index contributed by atoms with van der Waals surface area (Å²) in [4.78, 5) is 25.4. The summed E-state index contributed by atoms with van der Waals surface area (Å²) in [5.41, 5.74) is 4.19. The zero-order chi connectivity index (χ0) is 18.7. The Labute approximate surface area is 157 Å². The number of imide groups is 1. The number of aryl methyl sites for hydroxylation is 1. The third-order valence-electron chi connectivity index (χ3n) is 4.38. The number of hydrogen-bond donors (Lipinski definition) is 3. The van der Waals surface area contributed by atoms with Crippen molar-refractivity contribution in [1.29, 1.82) is 0 Å². The summed E-state index contributed by atoms with van der Waals surface area (Å²) in [7, 11) is 0. The van der Waals surface area contributed by atoms with Gasteiger partial charge in [-0.2, -0.15) is 5.01 Å². The van der Waals surface area contributed by atoms with Gasteiger partial charge in [-0.3, -0.25) is 10.2 Å². The number of benzene rings is 2. The highest BCUT2D eigenvalue weighted by atomic mass is 32.1. The SMILES string of the molecule is CC[C@@]1(c2ccccc2)NC(=O)N(NC(=S)Nc2cccc(C)c2)C1=O. The Bertz CT molecular complexity index is 856. The van der Waals surface area contributed by atoms with Crippen molar-refractivity contribution in [3.8, 4) is 0 Å². The topological polar surface area (TPSA) is 73.5 Å². The van der Waals surface area contributed by atoms with Crippen molar-refractivity contribution in [3.63, 3.8) is 0 Å². The Morgan fingerprint density at radius 1 is 1.15 bits per heavy atom. The minimum atomic E-state index is -1.09. The number of carbonyl (C=O) groups excluding carboxylic acids is 2. The third-order valence-corrected chi connectivity index (χ3v) is 4.57. The Hall–Kier alpha value is -2.93. The van der Waals surface area contributed by atoms with Crippen molar-refractivity contribution in [3.05, 3.63) is 65.7 Å². The summed E-state index contributed by atoms with van der Waals surface area (Å²) in [5.74, 6) is -0.385. The molecule has 0 radical (unpaired) electrons. The summed E-state index contributed by atoms with van der Waals surface area (Å²) < 4.78 is 0. The number of hydrazine groups is 1. The van der Waals surface area contributed by atoms with Gasteiger partial charge in [0.05, 0.1) is 0 Å². The smallest absolute Gasteiger partial charge is 0.331 e. The number of thiocarbonyl (C=S) groups is 1. The van der Waals surface area contributed by atoms with E-state index in [1.54, 1.807) is 0 Å². The van der Waals surface area contributed by atoms with Crippen LogP contribution in [0.2, 0.25) is 0 Å². The Kier molecular flexibility index (Phi) is 4.90. The van der Waals surface area contributed by atoms with E-state index < -0.39 is 11.6 Å². The number of hydrogen-bond acceptors (Lipinski definition) is 3. The first kappa shape index (κ1) is 17.9. The highest BCUT2D eigenvalue weighted by Gasteiger charge is 2.51. The molecule has 3 amide bonds. The van der Waals surface area contributed by atoms with E-state index in [2.05, 4.69) is 16.1 Å². The average Bonchev–Trinajstić information content (AvgIpc) is 2.87. The summed E-state index contributed by atoms with van der Waals surface area (Å²) in [5, 5.41) is 6.88. The number of nitrogens with one attached hydrogen (secondary N) is 3. The van der Waals surface area contributed by atoms with Crippen molar-refractivity contribution < 1.29 is 9.59 Å². The highest BCUT2D eigenvalue weighted by Crippen LogP contribution is 2.31. The van der Waals surface area contributed by atoms with Crippen LogP contribution in [0.15, 0.2) is 54.6 Å². The van der Waals surface area contributed by atoms with Gasteiger partial charge in [-0.15, -0.1) is 0 Å². The molecule has 0 aliphatic carbocycles. The molecule has 1 atom stereocenters. The van der Waals surface area contributed by atoms with Gasteiger partial charge in [0.15, 0.2) is 5.11 Å². The molecule has 0 spiro atoms. The lowest BCUT2D eigenvalue weighted by molar-refractivity contribution is -0.133. The number of urea groups is 1. The second-order valence-corrected chi connectivity index (χ2v) is 6.54. The van der Waals surface area contributed by atoms with Crippen molar-refractivity contribution >= 4 is 35.0 Å². The van der Waals surface area contributed by atoms with Crippen LogP contribution in [0.1, 0.15) is 24.5 Å². The van der Waals surface area contributed by atoms with Gasteiger partial charge in [-0.25, -0.2) is 4.79 Å². The normalized spacial score (nSPS) is 19.2. The first-order chi connectivity index (χ1) is 12.5. The molecule has 2 aromatic carbocycles. The molecular weight excluding hydrogens is 348 g/mol. The van der Waals surface area contributed by atoms with E-state index >= 15 is 0 Å². The first-order valence-corrected chi connectivity index (χ1v) is 8.73. The fraction of sp³-hybridized carbons (Fsp3) is 0.211. The molecular formula is C19H20N4O2S. The molecule has 0 saturated carbocycles. The average molecular weight is 368 g/mol. The van der Waals surface area contributed by atoms with Crippen molar-refractivity contribution in [2.24, 2.45) is 0 Å². The molecule has 26 heavy (non-hydrogen) atoms. The third kappa shape index (κ3) is 3.25. The lowest BCUT2D eigenvalue weighted by Crippen LogP contribution is -2.49. The largest absolute Gasteiger partial charge is 0.344 e. The molecule has 2 aromatic rings. The number of nitrogens with zero attached hydrogens (tertiary/aromatic N) is 1. The van der Waals surface area contributed by atoms with Crippen molar-refractivity contribution in [1.82, 2.24) is 15.8 Å². The van der Waals surface area contributed by atoms with E-state index in [9.17, 15) is 9.59 Å². The molecule has 1 heterocycles. The van der Waals surface area contributed by atoms with Gasteiger partial charge in [-0.1, -0.05) is 49.4 Å². The van der Waals surface area contributed by atoms with E-state index in [4.69, 9.17) is 12.2 Å². The van der Waals surface area contributed by atoms with Crippen LogP contribution >= 0.6 is 12.2 Å². The molecule has 3 N–H and O–H groups in total. The fourth-order valence-corrected chi connectivity index (χ4v) is 3.23. The highest BCUT2D eigenvalue weighted by molar-refractivity contribution is 7.80. The lowest BCUT2D eigenvalue weighted by Gasteiger charge is -2.25. The quantitative estimate of drug-likeness (QED) is 0.571. The zero-order valence-electron chi connectivity index (χ0n) is 14.6. The predicted molar refractivity (Wildman–Crippen MR) is 104 cm³/mol. The molecule has 1 aliphatic rings. The maximum atomic E-state index is 13.0. The first-order valence-electron chi connectivity index (χ1n) is 8.33. The van der Waals surface area contributed by atoms with Crippen LogP contribution in [-0.4, -0.2) is 22.1 Å². The van der Waals surface area contributed by atoms with E-state index in [0.29, 0.717) is 6.42 Å². The summed E-state index contributed by atoms with van der Waals surface area (Å²) >= 11 is 5.25. The second-order valence-electron chi connectivity index (χ2n) is 6.13. The van der Waals surface area contributed by atoms with Gasteiger partial charge in [0.1, 0.15) is 5.54 Å². The van der Waals surface area contributed by atoms with Crippen LogP contribution in [0.25, 0.3) is 0 Å². The lowest BCUT2D eigenvalue weighted by atomic mass is 9.87. The Morgan fingerprint density at radius 2 is 1.88 bits per heavy atom. The zero-order valence-corrected chi connectivity index (χ0v) is 15.4. The minimum absolute atomic E-state index is 0.166. The van der Waals surface area contributed by atoms with Gasteiger partial charge in [0.2, 0.25) is 0 Å². The van der Waals surface area contributed by atoms with Gasteiger partial charge in [0.25, 0.3) is 5.91 Å². The standard InChI is InChI=1S/C19H20N4O2S/c1-3-19(14-9-5-4-6-10-14)16(24)23(18(25)21-19)22-17(26)20-15-11-7-8-13(2)12-15/h4-12H,3H2,1-2H3,(H,21,25)(H2,20,22,26)/t19-/m0/s1. The monoisotopic (exact) mass is 368 g/mol. The van der Waals surface area contributed by atoms with E-state index in [1.807, 2.05) is 68.4 Å². The van der Waals surface area contributed by atoms with Crippen LogP contribution in [0, 0.1) is 6.92 Å². The fourth-order valence-electron chi connectivity index (χ4n) is 3.02. The molecule has 1 aliphatic heterocycles. The number of amides is 3. The van der Waals surface area contributed by atoms with E-state index in [1.165, 1.54) is 0 Å². The summed E-state index contributed by atoms with van der Waals surface area (Å²) in [6.45, 7) is 3.83. The van der Waals surface area contributed by atoms with Gasteiger partial charge < -0.3 is 10.6 Å². The summed E-state index contributed by atoms with van der Waals surface area (Å²) in [6, 6.07) is 16.3. The molecule has 0 bridgehead atoms. The number of anilines is 1. The van der Waals surface area contributed by atoms with Gasteiger partial charge in [0, 0.05) is 5.69 Å². The molecule has 6 nitrogen and oxygen atoms in total. The maximum Gasteiger partial charge on any atom is 0.344 e. The minimum Gasteiger partial charge on any atom is -0.331 e. The van der Waals surface area contributed by atoms with Crippen molar-refractivity contribution in [2.75, 3.05) is 5.32 Å². The van der Waals surface area contributed by atoms with Crippen LogP contribution in [0.3, 0.4) is 0 Å². The van der Waals surface area contributed by atoms with Crippen LogP contribution in [0.5, 0.6) is 0 Å². The Balaban J connectivity index is 1.77.